The first kappa shape index (κ1) is 23.3. The van der Waals surface area contributed by atoms with E-state index in [-0.39, 0.29) is 17.0 Å². The molecule has 0 saturated carbocycles. The molecule has 1 N–H and O–H groups in total. The smallest absolute Gasteiger partial charge is 0.212 e. The molecule has 34 heavy (non-hydrogen) atoms. The maximum atomic E-state index is 13.7. The monoisotopic (exact) mass is 557 g/mol. The number of allylic oxidation sites excluding steroid dienone is 1. The molecule has 0 spiro atoms. The molecule has 0 aliphatic carbocycles. The molecule has 5 heteroatoms. The third kappa shape index (κ3) is 5.38. The van der Waals surface area contributed by atoms with E-state index in [9.17, 15) is 14.7 Å². The topological polar surface area (TPSA) is 66.7 Å². The van der Waals surface area contributed by atoms with E-state index in [0.717, 1.165) is 3.57 Å². The van der Waals surface area contributed by atoms with Gasteiger partial charge in [-0.2, -0.15) is 0 Å². The van der Waals surface area contributed by atoms with Crippen LogP contribution in [0.2, 0.25) is 0 Å². The van der Waals surface area contributed by atoms with Crippen LogP contribution in [0, 0.1) is 3.57 Å². The van der Waals surface area contributed by atoms with Gasteiger partial charge in [0.2, 0.25) is 5.78 Å². The molecule has 0 unspecified atom stereocenters. The van der Waals surface area contributed by atoms with Crippen LogP contribution in [0.25, 0.3) is 5.76 Å². The predicted molar refractivity (Wildman–Crippen MR) is 144 cm³/mol. The lowest BCUT2D eigenvalue weighted by molar-refractivity contribution is 0.102. The number of aliphatic hydroxyl groups is 1. The highest BCUT2D eigenvalue weighted by molar-refractivity contribution is 14.1. The first-order chi connectivity index (χ1) is 16.5. The minimum Gasteiger partial charge on any atom is -0.506 e. The second-order valence-electron chi connectivity index (χ2n) is 7.42. The molecule has 0 aliphatic rings. The third-order valence-electron chi connectivity index (χ3n) is 5.10. The zero-order valence-corrected chi connectivity index (χ0v) is 20.2. The predicted octanol–water partition coefficient (Wildman–Crippen LogP) is 7.10. The van der Waals surface area contributed by atoms with Crippen molar-refractivity contribution < 1.29 is 14.7 Å². The van der Waals surface area contributed by atoms with Crippen LogP contribution in [-0.2, 0) is 0 Å². The Morgan fingerprint density at radius 3 is 1.53 bits per heavy atom. The van der Waals surface area contributed by atoms with Crippen molar-refractivity contribution in [1.82, 2.24) is 0 Å². The van der Waals surface area contributed by atoms with Crippen molar-refractivity contribution in [2.24, 2.45) is 4.99 Å². The molecule has 166 valence electrons. The van der Waals surface area contributed by atoms with E-state index >= 15 is 0 Å². The van der Waals surface area contributed by atoms with E-state index < -0.39 is 11.6 Å². The zero-order valence-electron chi connectivity index (χ0n) is 18.1. The number of nitrogens with zero attached hydrogens (tertiary/aromatic N) is 1. The van der Waals surface area contributed by atoms with E-state index in [1.165, 1.54) is 0 Å². The molecule has 4 nitrogen and oxygen atoms in total. The lowest BCUT2D eigenvalue weighted by Crippen LogP contribution is -2.24. The van der Waals surface area contributed by atoms with Crippen LogP contribution in [0.15, 0.2) is 126 Å². The second-order valence-corrected chi connectivity index (χ2v) is 8.66. The summed E-state index contributed by atoms with van der Waals surface area (Å²) in [5.74, 6) is -1.25. The Morgan fingerprint density at radius 1 is 0.588 bits per heavy atom. The van der Waals surface area contributed by atoms with Gasteiger partial charge < -0.3 is 5.11 Å². The summed E-state index contributed by atoms with van der Waals surface area (Å²) in [6.45, 7) is 0. The van der Waals surface area contributed by atoms with Gasteiger partial charge in [0, 0.05) is 20.3 Å². The van der Waals surface area contributed by atoms with Crippen LogP contribution in [-0.4, -0.2) is 22.4 Å². The molecule has 4 aromatic rings. The van der Waals surface area contributed by atoms with E-state index in [1.54, 1.807) is 97.1 Å². The molecular formula is C29H20INO3. The Bertz CT molecular complexity index is 1360. The molecule has 0 radical (unpaired) electrons. The van der Waals surface area contributed by atoms with Crippen LogP contribution < -0.4 is 0 Å². The molecular weight excluding hydrogens is 537 g/mol. The number of carbonyl (C=O) groups is 2. The van der Waals surface area contributed by atoms with E-state index in [0.29, 0.717) is 22.4 Å². The molecule has 0 bridgehead atoms. The number of halogens is 1. The highest BCUT2D eigenvalue weighted by Crippen LogP contribution is 2.25. The van der Waals surface area contributed by atoms with Gasteiger partial charge in [-0.05, 0) is 46.9 Å². The van der Waals surface area contributed by atoms with Crippen molar-refractivity contribution in [1.29, 1.82) is 0 Å². The fraction of sp³-hybridized carbons (Fsp3) is 0. The van der Waals surface area contributed by atoms with Gasteiger partial charge in [-0.3, -0.25) is 9.59 Å². The van der Waals surface area contributed by atoms with Gasteiger partial charge in [0.1, 0.15) is 11.5 Å². The van der Waals surface area contributed by atoms with Gasteiger partial charge in [-0.25, -0.2) is 4.99 Å². The maximum absolute atomic E-state index is 13.7. The molecule has 0 heterocycles. The third-order valence-corrected chi connectivity index (χ3v) is 5.82. The molecule has 0 fully saturated rings. The van der Waals surface area contributed by atoms with Crippen molar-refractivity contribution in [3.05, 3.63) is 141 Å². The summed E-state index contributed by atoms with van der Waals surface area (Å²) < 4.78 is 1.01. The second kappa shape index (κ2) is 10.9. The average Bonchev–Trinajstić information content (AvgIpc) is 2.90. The number of hydrogen-bond donors (Lipinski definition) is 1. The van der Waals surface area contributed by atoms with E-state index in [2.05, 4.69) is 27.6 Å². The fourth-order valence-corrected chi connectivity index (χ4v) is 3.75. The Morgan fingerprint density at radius 2 is 1.03 bits per heavy atom. The first-order valence-electron chi connectivity index (χ1n) is 10.6. The number of hydrogen-bond acceptors (Lipinski definition) is 4. The van der Waals surface area contributed by atoms with Crippen molar-refractivity contribution in [2.45, 2.75) is 0 Å². The summed E-state index contributed by atoms with van der Waals surface area (Å²) in [7, 11) is 0. The van der Waals surface area contributed by atoms with E-state index in [4.69, 9.17) is 0 Å². The van der Waals surface area contributed by atoms with Crippen molar-refractivity contribution >= 4 is 51.3 Å². The molecule has 4 aromatic carbocycles. The van der Waals surface area contributed by atoms with Crippen molar-refractivity contribution in [3.8, 4) is 0 Å². The molecule has 0 aliphatic heterocycles. The fourth-order valence-electron chi connectivity index (χ4n) is 3.39. The number of rotatable bonds is 7. The standard InChI is InChI=1S/C29H20INO3/c30-23-16-18-24(19-17-23)31-26(29(34)22-14-8-3-9-15-22)25(27(32)20-10-4-1-5-11-20)28(33)21-12-6-2-7-13-21/h1-19,32H/b27-25+,31-26?. The Hall–Kier alpha value is -3.84. The number of Topliss-reactive ketones (excluding diaryl/α,β-unsaturated/α-hetero) is 2. The minimum absolute atomic E-state index is 0.123. The Balaban J connectivity index is 1.98. The van der Waals surface area contributed by atoms with Gasteiger partial charge in [0.25, 0.3) is 0 Å². The quantitative estimate of drug-likeness (QED) is 0.0867. The summed E-state index contributed by atoms with van der Waals surface area (Å²) in [5.41, 5.74) is 1.35. The number of aliphatic imine (C=N–C) groups is 1. The number of aliphatic hydroxyl groups excluding tert-OH is 1. The van der Waals surface area contributed by atoms with E-state index in [1.807, 2.05) is 18.2 Å². The Kier molecular flexibility index (Phi) is 7.44. The van der Waals surface area contributed by atoms with Gasteiger partial charge in [0.05, 0.1) is 11.3 Å². The average molecular weight is 557 g/mol. The minimum atomic E-state index is -0.490. The molecule has 4 rings (SSSR count). The van der Waals surface area contributed by atoms with Crippen molar-refractivity contribution in [2.75, 3.05) is 0 Å². The largest absolute Gasteiger partial charge is 0.506 e. The molecule has 0 aromatic heterocycles. The van der Waals surface area contributed by atoms with Crippen LogP contribution in [0.4, 0.5) is 5.69 Å². The lowest BCUT2D eigenvalue weighted by Gasteiger charge is -2.14. The highest BCUT2D eigenvalue weighted by atomic mass is 127. The maximum Gasteiger partial charge on any atom is 0.212 e. The molecule has 0 amide bonds. The number of carbonyl (C=O) groups excluding carboxylic acids is 2. The van der Waals surface area contributed by atoms with Crippen LogP contribution >= 0.6 is 22.6 Å². The van der Waals surface area contributed by atoms with Crippen LogP contribution in [0.3, 0.4) is 0 Å². The molecule has 0 atom stereocenters. The first-order valence-corrected chi connectivity index (χ1v) is 11.7. The lowest BCUT2D eigenvalue weighted by atomic mass is 9.91. The number of ketones is 2. The summed E-state index contributed by atoms with van der Waals surface area (Å²) >= 11 is 2.18. The van der Waals surface area contributed by atoms with Crippen LogP contribution in [0.5, 0.6) is 0 Å². The summed E-state index contributed by atoms with van der Waals surface area (Å²) in [6.07, 6.45) is 0. The zero-order chi connectivity index (χ0) is 23.9. The Labute approximate surface area is 211 Å². The molecule has 0 saturated heterocycles. The van der Waals surface area contributed by atoms with Gasteiger partial charge >= 0.3 is 0 Å². The number of benzene rings is 4. The summed E-state index contributed by atoms with van der Waals surface area (Å²) in [5, 5.41) is 11.3. The SMILES string of the molecule is O=C(C(=Nc1ccc(I)cc1)/C(C(=O)c1ccccc1)=C(\O)c1ccccc1)c1ccccc1. The van der Waals surface area contributed by atoms with Gasteiger partial charge in [0.15, 0.2) is 5.78 Å². The van der Waals surface area contributed by atoms with Gasteiger partial charge in [-0.15, -0.1) is 0 Å². The highest BCUT2D eigenvalue weighted by Gasteiger charge is 2.29. The van der Waals surface area contributed by atoms with Crippen LogP contribution in [0.1, 0.15) is 26.3 Å². The summed E-state index contributed by atoms with van der Waals surface area (Å²) in [6, 6.07) is 33.1. The van der Waals surface area contributed by atoms with Crippen molar-refractivity contribution in [3.63, 3.8) is 0 Å². The normalized spacial score (nSPS) is 12.1. The summed E-state index contributed by atoms with van der Waals surface area (Å²) in [4.78, 5) is 32.0. The van der Waals surface area contributed by atoms with Gasteiger partial charge in [-0.1, -0.05) is 91.0 Å².